The summed E-state index contributed by atoms with van der Waals surface area (Å²) in [6, 6.07) is 0. The van der Waals surface area contributed by atoms with Gasteiger partial charge >= 0.3 is 5.97 Å². The van der Waals surface area contributed by atoms with E-state index in [1.807, 2.05) is 6.92 Å². The van der Waals surface area contributed by atoms with Crippen LogP contribution in [0.5, 0.6) is 0 Å². The molecule has 1 amide bonds. The van der Waals surface area contributed by atoms with Gasteiger partial charge in [0, 0.05) is 13.2 Å². The molecule has 0 saturated carbocycles. The quantitative estimate of drug-likeness (QED) is 0.533. The highest BCUT2D eigenvalue weighted by Crippen LogP contribution is 2.06. The summed E-state index contributed by atoms with van der Waals surface area (Å²) in [6.07, 6.45) is 1.47. The number of carbonyl (C=O) groups is 2. The van der Waals surface area contributed by atoms with E-state index in [2.05, 4.69) is 5.32 Å². The molecule has 0 aromatic carbocycles. The molecule has 0 aliphatic rings. The highest BCUT2D eigenvalue weighted by atomic mass is 16.4. The van der Waals surface area contributed by atoms with Crippen LogP contribution in [0.15, 0.2) is 0 Å². The van der Waals surface area contributed by atoms with E-state index in [0.29, 0.717) is 13.0 Å². The molecule has 15 heavy (non-hydrogen) atoms. The topological polar surface area (TPSA) is 86.6 Å². The Morgan fingerprint density at radius 2 is 2.00 bits per heavy atom. The van der Waals surface area contributed by atoms with Crippen molar-refractivity contribution in [3.8, 4) is 0 Å². The van der Waals surface area contributed by atoms with Crippen molar-refractivity contribution in [2.45, 2.75) is 26.7 Å². The van der Waals surface area contributed by atoms with Crippen molar-refractivity contribution < 1.29 is 19.8 Å². The van der Waals surface area contributed by atoms with E-state index in [-0.39, 0.29) is 12.5 Å². The normalized spacial score (nSPS) is 14.3. The number of aliphatic hydroxyl groups is 1. The summed E-state index contributed by atoms with van der Waals surface area (Å²) in [5.74, 6) is -2.40. The lowest BCUT2D eigenvalue weighted by Gasteiger charge is -2.15. The molecule has 0 aliphatic heterocycles. The first-order valence-electron chi connectivity index (χ1n) is 5.14. The average Bonchev–Trinajstić information content (AvgIpc) is 2.22. The lowest BCUT2D eigenvalue weighted by molar-refractivity contribution is -0.146. The standard InChI is InChI=1S/C10H19NO4/c1-3-8(4-5-12)6-11-9(13)7(2)10(14)15/h7-8,12H,3-6H2,1-2H3,(H,11,13)(H,14,15). The molecule has 0 spiro atoms. The number of carboxylic acids is 1. The van der Waals surface area contributed by atoms with E-state index >= 15 is 0 Å². The number of aliphatic hydroxyl groups excluding tert-OH is 1. The lowest BCUT2D eigenvalue weighted by atomic mass is 10.0. The average molecular weight is 217 g/mol. The van der Waals surface area contributed by atoms with Gasteiger partial charge in [-0.3, -0.25) is 9.59 Å². The van der Waals surface area contributed by atoms with E-state index in [1.165, 1.54) is 6.92 Å². The molecule has 3 N–H and O–H groups in total. The molecule has 0 fully saturated rings. The maximum atomic E-state index is 11.3. The monoisotopic (exact) mass is 217 g/mol. The third kappa shape index (κ3) is 5.37. The predicted octanol–water partition coefficient (Wildman–Crippen LogP) is 0.232. The van der Waals surface area contributed by atoms with Gasteiger partial charge in [-0.15, -0.1) is 0 Å². The second kappa shape index (κ2) is 7.23. The molecule has 0 saturated heterocycles. The van der Waals surface area contributed by atoms with Crippen LogP contribution in [-0.4, -0.2) is 35.2 Å². The minimum absolute atomic E-state index is 0.0862. The second-order valence-corrected chi connectivity index (χ2v) is 3.59. The third-order valence-electron chi connectivity index (χ3n) is 2.44. The van der Waals surface area contributed by atoms with Gasteiger partial charge in [0.2, 0.25) is 5.91 Å². The SMILES string of the molecule is CCC(CCO)CNC(=O)C(C)C(=O)O. The Balaban J connectivity index is 3.92. The zero-order valence-electron chi connectivity index (χ0n) is 9.19. The van der Waals surface area contributed by atoms with Crippen LogP contribution < -0.4 is 5.32 Å². The molecule has 0 bridgehead atoms. The first-order valence-corrected chi connectivity index (χ1v) is 5.14. The zero-order valence-corrected chi connectivity index (χ0v) is 9.19. The number of carboxylic acid groups (broad SMARTS) is 1. The summed E-state index contributed by atoms with van der Waals surface area (Å²) in [4.78, 5) is 21.7. The number of nitrogens with one attached hydrogen (secondary N) is 1. The van der Waals surface area contributed by atoms with Crippen LogP contribution in [0, 0.1) is 11.8 Å². The summed E-state index contributed by atoms with van der Waals surface area (Å²) in [5, 5.41) is 19.9. The molecule has 0 aromatic rings. The van der Waals surface area contributed by atoms with Gasteiger partial charge in [-0.1, -0.05) is 13.3 Å². The molecule has 0 aromatic heterocycles. The molecule has 88 valence electrons. The Kier molecular flexibility index (Phi) is 6.70. The van der Waals surface area contributed by atoms with Crippen molar-refractivity contribution in [2.75, 3.05) is 13.2 Å². The van der Waals surface area contributed by atoms with Crippen molar-refractivity contribution in [2.24, 2.45) is 11.8 Å². The fourth-order valence-corrected chi connectivity index (χ4v) is 1.14. The Morgan fingerprint density at radius 3 is 2.40 bits per heavy atom. The van der Waals surface area contributed by atoms with Gasteiger partial charge in [0.15, 0.2) is 0 Å². The second-order valence-electron chi connectivity index (χ2n) is 3.59. The minimum atomic E-state index is -1.12. The Bertz CT molecular complexity index is 217. The molecule has 0 rings (SSSR count). The van der Waals surface area contributed by atoms with Gasteiger partial charge < -0.3 is 15.5 Å². The molecule has 2 atom stereocenters. The fourth-order valence-electron chi connectivity index (χ4n) is 1.14. The van der Waals surface area contributed by atoms with Gasteiger partial charge in [0.1, 0.15) is 5.92 Å². The van der Waals surface area contributed by atoms with Crippen LogP contribution in [-0.2, 0) is 9.59 Å². The van der Waals surface area contributed by atoms with Crippen LogP contribution in [0.2, 0.25) is 0 Å². The van der Waals surface area contributed by atoms with E-state index in [9.17, 15) is 9.59 Å². The number of aliphatic carboxylic acids is 1. The molecule has 0 radical (unpaired) electrons. The van der Waals surface area contributed by atoms with Crippen molar-refractivity contribution in [1.82, 2.24) is 5.32 Å². The van der Waals surface area contributed by atoms with Gasteiger partial charge in [-0.25, -0.2) is 0 Å². The van der Waals surface area contributed by atoms with Crippen molar-refractivity contribution in [3.05, 3.63) is 0 Å². The smallest absolute Gasteiger partial charge is 0.315 e. The predicted molar refractivity (Wildman–Crippen MR) is 55.3 cm³/mol. The first-order chi connectivity index (χ1) is 7.02. The Hall–Kier alpha value is -1.10. The minimum Gasteiger partial charge on any atom is -0.481 e. The van der Waals surface area contributed by atoms with E-state index in [0.717, 1.165) is 6.42 Å². The van der Waals surface area contributed by atoms with Crippen LogP contribution in [0.1, 0.15) is 26.7 Å². The molecule has 0 heterocycles. The van der Waals surface area contributed by atoms with Gasteiger partial charge in [0.25, 0.3) is 0 Å². The molecule has 2 unspecified atom stereocenters. The lowest BCUT2D eigenvalue weighted by Crippen LogP contribution is -2.36. The number of hydrogen-bond donors (Lipinski definition) is 3. The summed E-state index contributed by atoms with van der Waals surface area (Å²) < 4.78 is 0. The molecule has 0 aliphatic carbocycles. The molecule has 5 heteroatoms. The van der Waals surface area contributed by atoms with Gasteiger partial charge in [-0.05, 0) is 19.3 Å². The summed E-state index contributed by atoms with van der Waals surface area (Å²) in [6.45, 7) is 3.83. The zero-order chi connectivity index (χ0) is 11.8. The van der Waals surface area contributed by atoms with E-state index in [4.69, 9.17) is 10.2 Å². The molecule has 5 nitrogen and oxygen atoms in total. The van der Waals surface area contributed by atoms with Crippen LogP contribution in [0.3, 0.4) is 0 Å². The highest BCUT2D eigenvalue weighted by molar-refractivity contribution is 5.96. The number of amides is 1. The summed E-state index contributed by atoms with van der Waals surface area (Å²) in [5.41, 5.74) is 0. The maximum absolute atomic E-state index is 11.3. The van der Waals surface area contributed by atoms with Gasteiger partial charge in [-0.2, -0.15) is 0 Å². The number of hydrogen-bond acceptors (Lipinski definition) is 3. The van der Waals surface area contributed by atoms with Crippen molar-refractivity contribution >= 4 is 11.9 Å². The van der Waals surface area contributed by atoms with E-state index < -0.39 is 17.8 Å². The van der Waals surface area contributed by atoms with Crippen molar-refractivity contribution in [3.63, 3.8) is 0 Å². The van der Waals surface area contributed by atoms with Crippen LogP contribution in [0.4, 0.5) is 0 Å². The van der Waals surface area contributed by atoms with Crippen LogP contribution >= 0.6 is 0 Å². The van der Waals surface area contributed by atoms with Crippen molar-refractivity contribution in [1.29, 1.82) is 0 Å². The first kappa shape index (κ1) is 13.9. The van der Waals surface area contributed by atoms with E-state index in [1.54, 1.807) is 0 Å². The largest absolute Gasteiger partial charge is 0.481 e. The Morgan fingerprint density at radius 1 is 1.40 bits per heavy atom. The number of carbonyl (C=O) groups excluding carboxylic acids is 1. The fraction of sp³-hybridized carbons (Fsp3) is 0.800. The highest BCUT2D eigenvalue weighted by Gasteiger charge is 2.20. The van der Waals surface area contributed by atoms with Crippen LogP contribution in [0.25, 0.3) is 0 Å². The number of rotatable bonds is 7. The molecular formula is C10H19NO4. The van der Waals surface area contributed by atoms with Gasteiger partial charge in [0.05, 0.1) is 0 Å². The summed E-state index contributed by atoms with van der Waals surface area (Å²) in [7, 11) is 0. The maximum Gasteiger partial charge on any atom is 0.315 e. The Labute approximate surface area is 89.5 Å². The summed E-state index contributed by atoms with van der Waals surface area (Å²) >= 11 is 0. The third-order valence-corrected chi connectivity index (χ3v) is 2.44. The molecular weight excluding hydrogens is 198 g/mol.